The van der Waals surface area contributed by atoms with Gasteiger partial charge < -0.3 is 20.7 Å². The second-order valence-corrected chi connectivity index (χ2v) is 8.92. The second kappa shape index (κ2) is 9.67. The number of rotatable bonds is 8. The van der Waals surface area contributed by atoms with Crippen LogP contribution in [-0.4, -0.2) is 72.0 Å². The standard InChI is InChI=1S/C24H25BrN6O3/c25-10-20(33)19(13-32)30-11-16(12-30)31-24-21(23(26)27-14-28-24)22(29-31)15-6-8-18(9-7-15)34-17-4-2-1-3-5-17/h1-9,14,16,19-20,32-33H,10-13H2,(H2,26,27,28). The van der Waals surface area contributed by atoms with Crippen LogP contribution in [-0.2, 0) is 0 Å². The number of likely N-dealkylation sites (tertiary alicyclic amines) is 1. The van der Waals surface area contributed by atoms with Crippen LogP contribution < -0.4 is 10.5 Å². The summed E-state index contributed by atoms with van der Waals surface area (Å²) in [5.74, 6) is 1.86. The van der Waals surface area contributed by atoms with Gasteiger partial charge in [-0.2, -0.15) is 5.10 Å². The topological polar surface area (TPSA) is 123 Å². The molecule has 3 heterocycles. The number of para-hydroxylation sites is 1. The molecule has 0 bridgehead atoms. The van der Waals surface area contributed by atoms with Gasteiger partial charge in [0.25, 0.3) is 0 Å². The number of ether oxygens (including phenoxy) is 1. The highest BCUT2D eigenvalue weighted by molar-refractivity contribution is 9.09. The Labute approximate surface area is 204 Å². The van der Waals surface area contributed by atoms with E-state index in [1.807, 2.05) is 64.2 Å². The molecule has 2 aromatic heterocycles. The van der Waals surface area contributed by atoms with Gasteiger partial charge in [0.15, 0.2) is 5.65 Å². The van der Waals surface area contributed by atoms with E-state index in [0.29, 0.717) is 41.0 Å². The first-order valence-corrected chi connectivity index (χ1v) is 12.1. The molecule has 34 heavy (non-hydrogen) atoms. The van der Waals surface area contributed by atoms with Crippen molar-refractivity contribution in [2.75, 3.05) is 30.8 Å². The first kappa shape index (κ1) is 22.7. The molecule has 1 aliphatic rings. The second-order valence-electron chi connectivity index (χ2n) is 8.27. The zero-order chi connectivity index (χ0) is 23.7. The zero-order valence-corrected chi connectivity index (χ0v) is 19.9. The molecule has 0 aliphatic carbocycles. The Hall–Kier alpha value is -3.05. The number of nitrogens with zero attached hydrogens (tertiary/aromatic N) is 5. The van der Waals surface area contributed by atoms with Crippen LogP contribution in [0.2, 0.25) is 0 Å². The number of anilines is 1. The molecule has 0 spiro atoms. The lowest BCUT2D eigenvalue weighted by Crippen LogP contribution is -2.58. The molecule has 4 N–H and O–H groups in total. The molecule has 0 saturated carbocycles. The first-order valence-electron chi connectivity index (χ1n) is 11.0. The predicted octanol–water partition coefficient (Wildman–Crippen LogP) is 2.84. The van der Waals surface area contributed by atoms with E-state index in [0.717, 1.165) is 17.1 Å². The Kier molecular flexibility index (Phi) is 6.46. The summed E-state index contributed by atoms with van der Waals surface area (Å²) >= 11 is 3.29. The van der Waals surface area contributed by atoms with Gasteiger partial charge in [-0.3, -0.25) is 4.90 Å². The van der Waals surface area contributed by atoms with Crippen molar-refractivity contribution in [3.05, 3.63) is 60.9 Å². The Balaban J connectivity index is 1.42. The summed E-state index contributed by atoms with van der Waals surface area (Å²) < 4.78 is 7.78. The summed E-state index contributed by atoms with van der Waals surface area (Å²) in [6.45, 7) is 1.16. The van der Waals surface area contributed by atoms with E-state index in [1.165, 1.54) is 6.33 Å². The molecule has 9 nitrogen and oxygen atoms in total. The van der Waals surface area contributed by atoms with Crippen molar-refractivity contribution in [1.29, 1.82) is 0 Å². The van der Waals surface area contributed by atoms with Crippen molar-refractivity contribution in [1.82, 2.24) is 24.6 Å². The van der Waals surface area contributed by atoms with E-state index >= 15 is 0 Å². The Morgan fingerprint density at radius 3 is 2.44 bits per heavy atom. The number of nitrogen functional groups attached to an aromatic ring is 1. The minimum Gasteiger partial charge on any atom is -0.457 e. The molecular weight excluding hydrogens is 500 g/mol. The number of hydrogen-bond donors (Lipinski definition) is 3. The number of hydrogen-bond acceptors (Lipinski definition) is 8. The van der Waals surface area contributed by atoms with Crippen LogP contribution >= 0.6 is 15.9 Å². The van der Waals surface area contributed by atoms with Gasteiger partial charge in [0, 0.05) is 24.0 Å². The molecular formula is C24H25BrN6O3. The summed E-state index contributed by atoms with van der Waals surface area (Å²) in [7, 11) is 0. The number of benzene rings is 2. The molecule has 1 fully saturated rings. The van der Waals surface area contributed by atoms with Crippen LogP contribution in [0.3, 0.4) is 0 Å². The molecule has 2 aromatic carbocycles. The van der Waals surface area contributed by atoms with Gasteiger partial charge in [-0.05, 0) is 36.4 Å². The fourth-order valence-electron chi connectivity index (χ4n) is 4.25. The summed E-state index contributed by atoms with van der Waals surface area (Å²) in [6.07, 6.45) is 0.795. The zero-order valence-electron chi connectivity index (χ0n) is 18.3. The molecule has 0 amide bonds. The van der Waals surface area contributed by atoms with Crippen LogP contribution in [0.1, 0.15) is 6.04 Å². The van der Waals surface area contributed by atoms with Gasteiger partial charge in [0.05, 0.1) is 30.2 Å². The summed E-state index contributed by atoms with van der Waals surface area (Å²) in [6, 6.07) is 17.0. The molecule has 0 radical (unpaired) electrons. The van der Waals surface area contributed by atoms with Crippen molar-refractivity contribution in [2.24, 2.45) is 0 Å². The summed E-state index contributed by atoms with van der Waals surface area (Å²) in [5.41, 5.74) is 8.49. The van der Waals surface area contributed by atoms with Crippen molar-refractivity contribution in [2.45, 2.75) is 18.2 Å². The molecule has 5 rings (SSSR count). The molecule has 1 saturated heterocycles. The highest BCUT2D eigenvalue weighted by atomic mass is 79.9. The third-order valence-corrected chi connectivity index (χ3v) is 6.78. The van der Waals surface area contributed by atoms with Gasteiger partial charge in [0.1, 0.15) is 29.3 Å². The van der Waals surface area contributed by atoms with Gasteiger partial charge in [0.2, 0.25) is 0 Å². The minimum atomic E-state index is -0.648. The van der Waals surface area contributed by atoms with Crippen LogP contribution in [0.15, 0.2) is 60.9 Å². The number of nitrogens with two attached hydrogens (primary N) is 1. The number of aliphatic hydroxyl groups is 2. The van der Waals surface area contributed by atoms with Crippen molar-refractivity contribution >= 4 is 32.8 Å². The number of fused-ring (bicyclic) bond motifs is 1. The molecule has 1 aliphatic heterocycles. The van der Waals surface area contributed by atoms with Crippen LogP contribution in [0.25, 0.3) is 22.3 Å². The van der Waals surface area contributed by atoms with Crippen LogP contribution in [0.4, 0.5) is 5.82 Å². The van der Waals surface area contributed by atoms with Gasteiger partial charge >= 0.3 is 0 Å². The Morgan fingerprint density at radius 2 is 1.76 bits per heavy atom. The molecule has 4 aromatic rings. The molecule has 2 unspecified atom stereocenters. The minimum absolute atomic E-state index is 0.0443. The normalized spacial score (nSPS) is 16.3. The lowest BCUT2D eigenvalue weighted by atomic mass is 10.0. The van der Waals surface area contributed by atoms with Gasteiger partial charge in [-0.25, -0.2) is 14.6 Å². The van der Waals surface area contributed by atoms with E-state index in [-0.39, 0.29) is 18.7 Å². The SMILES string of the molecule is Nc1ncnc2c1c(-c1ccc(Oc3ccccc3)cc1)nn2C1CN(C(CO)C(O)CBr)C1. The van der Waals surface area contributed by atoms with Crippen molar-refractivity contribution in [3.63, 3.8) is 0 Å². The molecule has 2 atom stereocenters. The van der Waals surface area contributed by atoms with Crippen molar-refractivity contribution in [3.8, 4) is 22.8 Å². The maximum Gasteiger partial charge on any atom is 0.164 e. The highest BCUT2D eigenvalue weighted by Gasteiger charge is 2.38. The summed E-state index contributed by atoms with van der Waals surface area (Å²) in [4.78, 5) is 10.7. The number of aliphatic hydroxyl groups excluding tert-OH is 2. The largest absolute Gasteiger partial charge is 0.457 e. The average Bonchev–Trinajstić information content (AvgIpc) is 3.22. The van der Waals surface area contributed by atoms with E-state index < -0.39 is 6.10 Å². The third-order valence-electron chi connectivity index (χ3n) is 6.12. The maximum atomic E-state index is 10.2. The third kappa shape index (κ3) is 4.25. The lowest BCUT2D eigenvalue weighted by Gasteiger charge is -2.44. The smallest absolute Gasteiger partial charge is 0.164 e. The molecule has 176 valence electrons. The van der Waals surface area contributed by atoms with Crippen molar-refractivity contribution < 1.29 is 14.9 Å². The maximum absolute atomic E-state index is 10.2. The van der Waals surface area contributed by atoms with E-state index in [2.05, 4.69) is 25.9 Å². The first-order chi connectivity index (χ1) is 16.6. The monoisotopic (exact) mass is 524 g/mol. The van der Waals surface area contributed by atoms with E-state index in [4.69, 9.17) is 15.6 Å². The Morgan fingerprint density at radius 1 is 1.06 bits per heavy atom. The number of aromatic nitrogens is 4. The van der Waals surface area contributed by atoms with E-state index in [9.17, 15) is 10.2 Å². The van der Waals surface area contributed by atoms with Crippen LogP contribution in [0.5, 0.6) is 11.5 Å². The summed E-state index contributed by atoms with van der Waals surface area (Å²) in [5, 5.41) is 25.9. The lowest BCUT2D eigenvalue weighted by molar-refractivity contribution is -0.0287. The van der Waals surface area contributed by atoms with E-state index in [1.54, 1.807) is 0 Å². The quantitative estimate of drug-likeness (QED) is 0.300. The average molecular weight is 525 g/mol. The number of alkyl halides is 1. The van der Waals surface area contributed by atoms with Gasteiger partial charge in [-0.15, -0.1) is 0 Å². The van der Waals surface area contributed by atoms with Gasteiger partial charge in [-0.1, -0.05) is 34.1 Å². The predicted molar refractivity (Wildman–Crippen MR) is 133 cm³/mol. The highest BCUT2D eigenvalue weighted by Crippen LogP contribution is 2.35. The fraction of sp³-hybridized carbons (Fsp3) is 0.292. The number of halogens is 1. The van der Waals surface area contributed by atoms with Crippen LogP contribution in [0, 0.1) is 0 Å². The molecule has 10 heteroatoms. The Bertz CT molecular complexity index is 1260. The fourth-order valence-corrected chi connectivity index (χ4v) is 4.69.